The van der Waals surface area contributed by atoms with Crippen LogP contribution in [0.1, 0.15) is 17.5 Å². The monoisotopic (exact) mass is 265 g/mol. The smallest absolute Gasteiger partial charge is 0.316 e. The van der Waals surface area contributed by atoms with E-state index >= 15 is 0 Å². The zero-order valence-electron chi connectivity index (χ0n) is 9.40. The molecule has 0 aliphatic carbocycles. The Balaban J connectivity index is 2.12. The molecule has 1 aromatic carbocycles. The number of rotatable bonds is 3. The first kappa shape index (κ1) is 13.3. The van der Waals surface area contributed by atoms with Gasteiger partial charge in [-0.15, -0.1) is 0 Å². The Kier molecular flexibility index (Phi) is 3.31. The molecular formula is C12H12F5N. The van der Waals surface area contributed by atoms with Crippen molar-refractivity contribution in [1.29, 1.82) is 0 Å². The van der Waals surface area contributed by atoms with Gasteiger partial charge in [-0.05, 0) is 31.1 Å². The fourth-order valence-corrected chi connectivity index (χ4v) is 1.88. The molecule has 1 heterocycles. The second kappa shape index (κ2) is 4.50. The lowest BCUT2D eigenvalue weighted by Crippen LogP contribution is -2.44. The summed E-state index contributed by atoms with van der Waals surface area (Å²) in [5, 5.41) is 2.88. The van der Waals surface area contributed by atoms with Gasteiger partial charge >= 0.3 is 6.18 Å². The molecule has 1 N–H and O–H groups in total. The van der Waals surface area contributed by atoms with Crippen molar-refractivity contribution in [2.24, 2.45) is 5.92 Å². The Hall–Kier alpha value is -1.17. The summed E-state index contributed by atoms with van der Waals surface area (Å²) >= 11 is 0. The van der Waals surface area contributed by atoms with Crippen LogP contribution in [0.25, 0.3) is 0 Å². The first-order valence-corrected chi connectivity index (χ1v) is 5.55. The average Bonchev–Trinajstić information content (AvgIpc) is 2.23. The molecular weight excluding hydrogens is 253 g/mol. The van der Waals surface area contributed by atoms with Crippen LogP contribution in [0.15, 0.2) is 24.3 Å². The van der Waals surface area contributed by atoms with Crippen LogP contribution in [0, 0.1) is 5.92 Å². The Bertz CT molecular complexity index is 405. The van der Waals surface area contributed by atoms with E-state index in [1.54, 1.807) is 0 Å². The molecule has 1 aromatic rings. The van der Waals surface area contributed by atoms with Crippen molar-refractivity contribution in [3.8, 4) is 0 Å². The zero-order valence-corrected chi connectivity index (χ0v) is 9.40. The Morgan fingerprint density at radius 1 is 0.944 bits per heavy atom. The molecule has 1 aliphatic rings. The highest BCUT2D eigenvalue weighted by atomic mass is 19.4. The predicted octanol–water partition coefficient (Wildman–Crippen LogP) is 3.41. The zero-order chi connectivity index (χ0) is 13.4. The minimum atomic E-state index is -4.49. The van der Waals surface area contributed by atoms with Crippen LogP contribution < -0.4 is 5.32 Å². The largest absolute Gasteiger partial charge is 0.416 e. The third kappa shape index (κ3) is 2.80. The number of alkyl halides is 5. The van der Waals surface area contributed by atoms with Gasteiger partial charge in [-0.2, -0.15) is 13.2 Å². The average molecular weight is 265 g/mol. The molecule has 1 aliphatic heterocycles. The third-order valence-electron chi connectivity index (χ3n) is 3.05. The van der Waals surface area contributed by atoms with Gasteiger partial charge < -0.3 is 5.32 Å². The topological polar surface area (TPSA) is 12.0 Å². The van der Waals surface area contributed by atoms with E-state index in [1.807, 2.05) is 0 Å². The lowest BCUT2D eigenvalue weighted by molar-refractivity contribution is -0.137. The second-order valence-electron chi connectivity index (χ2n) is 4.51. The molecule has 100 valence electrons. The van der Waals surface area contributed by atoms with Gasteiger partial charge in [0.2, 0.25) is 0 Å². The Morgan fingerprint density at radius 2 is 1.44 bits per heavy atom. The summed E-state index contributed by atoms with van der Waals surface area (Å²) < 4.78 is 64.4. The maximum atomic E-state index is 13.7. The predicted molar refractivity (Wildman–Crippen MR) is 56.3 cm³/mol. The summed E-state index contributed by atoms with van der Waals surface area (Å²) in [6.07, 6.45) is -4.82. The van der Waals surface area contributed by atoms with E-state index in [2.05, 4.69) is 5.32 Å². The van der Waals surface area contributed by atoms with Crippen molar-refractivity contribution in [3.63, 3.8) is 0 Å². The normalized spacial score (nSPS) is 17.6. The van der Waals surface area contributed by atoms with Crippen molar-refractivity contribution >= 4 is 0 Å². The molecule has 1 fully saturated rings. The van der Waals surface area contributed by atoms with Crippen LogP contribution in [-0.4, -0.2) is 13.1 Å². The molecule has 0 aromatic heterocycles. The first-order chi connectivity index (χ1) is 8.29. The van der Waals surface area contributed by atoms with Crippen molar-refractivity contribution in [2.45, 2.75) is 18.5 Å². The van der Waals surface area contributed by atoms with Crippen LogP contribution in [-0.2, 0) is 12.1 Å². The van der Waals surface area contributed by atoms with Gasteiger partial charge in [-0.1, -0.05) is 12.1 Å². The van der Waals surface area contributed by atoms with Crippen LogP contribution in [0.2, 0.25) is 0 Å². The first-order valence-electron chi connectivity index (χ1n) is 5.55. The number of hydrogen-bond donors (Lipinski definition) is 1. The standard InChI is InChI=1S/C12H12F5N/c13-11(14,5-8-6-18-7-8)9-1-3-10(4-2-9)12(15,16)17/h1-4,8,18H,5-7H2. The minimum Gasteiger partial charge on any atom is -0.316 e. The van der Waals surface area contributed by atoms with Gasteiger partial charge in [0.25, 0.3) is 5.92 Å². The maximum Gasteiger partial charge on any atom is 0.416 e. The lowest BCUT2D eigenvalue weighted by Gasteiger charge is -2.30. The van der Waals surface area contributed by atoms with E-state index in [0.29, 0.717) is 25.2 Å². The molecule has 0 unspecified atom stereocenters. The van der Waals surface area contributed by atoms with Gasteiger partial charge in [-0.3, -0.25) is 0 Å². The van der Waals surface area contributed by atoms with E-state index in [-0.39, 0.29) is 17.9 Å². The molecule has 6 heteroatoms. The number of hydrogen-bond acceptors (Lipinski definition) is 1. The van der Waals surface area contributed by atoms with Crippen molar-refractivity contribution in [3.05, 3.63) is 35.4 Å². The summed E-state index contributed by atoms with van der Waals surface area (Å²) in [5.74, 6) is -3.18. The highest BCUT2D eigenvalue weighted by Crippen LogP contribution is 2.37. The summed E-state index contributed by atoms with van der Waals surface area (Å²) in [6, 6.07) is 3.11. The van der Waals surface area contributed by atoms with E-state index < -0.39 is 17.7 Å². The van der Waals surface area contributed by atoms with E-state index in [4.69, 9.17) is 0 Å². The van der Waals surface area contributed by atoms with Crippen LogP contribution in [0.5, 0.6) is 0 Å². The summed E-state index contributed by atoms with van der Waals surface area (Å²) in [5.41, 5.74) is -1.27. The van der Waals surface area contributed by atoms with Gasteiger partial charge in [0.05, 0.1) is 5.56 Å². The molecule has 0 amide bonds. The minimum absolute atomic E-state index is 0.109. The molecule has 1 nitrogen and oxygen atoms in total. The molecule has 2 rings (SSSR count). The molecule has 0 spiro atoms. The second-order valence-corrected chi connectivity index (χ2v) is 4.51. The van der Waals surface area contributed by atoms with E-state index in [0.717, 1.165) is 12.1 Å². The van der Waals surface area contributed by atoms with Gasteiger partial charge in [0.1, 0.15) is 0 Å². The number of nitrogens with one attached hydrogen (secondary N) is 1. The van der Waals surface area contributed by atoms with Crippen LogP contribution in [0.4, 0.5) is 22.0 Å². The highest BCUT2D eigenvalue weighted by Gasteiger charge is 2.37. The van der Waals surface area contributed by atoms with Crippen molar-refractivity contribution in [2.75, 3.05) is 13.1 Å². The molecule has 0 atom stereocenters. The van der Waals surface area contributed by atoms with Crippen LogP contribution in [0.3, 0.4) is 0 Å². The molecule has 0 saturated carbocycles. The molecule has 18 heavy (non-hydrogen) atoms. The van der Waals surface area contributed by atoms with Crippen molar-refractivity contribution in [1.82, 2.24) is 5.32 Å². The molecule has 0 radical (unpaired) electrons. The number of halogens is 5. The Labute approximate surface area is 101 Å². The quantitative estimate of drug-likeness (QED) is 0.826. The maximum absolute atomic E-state index is 13.7. The van der Waals surface area contributed by atoms with E-state index in [1.165, 1.54) is 0 Å². The Morgan fingerprint density at radius 3 is 1.83 bits per heavy atom. The van der Waals surface area contributed by atoms with Gasteiger partial charge in [0, 0.05) is 12.0 Å². The summed E-state index contributed by atoms with van der Waals surface area (Å²) in [6.45, 7) is 1.08. The molecule has 0 bridgehead atoms. The fraction of sp³-hybridized carbons (Fsp3) is 0.500. The van der Waals surface area contributed by atoms with Gasteiger partial charge in [-0.25, -0.2) is 8.78 Å². The van der Waals surface area contributed by atoms with Crippen LogP contribution >= 0.6 is 0 Å². The lowest BCUT2D eigenvalue weighted by atomic mass is 9.91. The van der Waals surface area contributed by atoms with Gasteiger partial charge in [0.15, 0.2) is 0 Å². The third-order valence-corrected chi connectivity index (χ3v) is 3.05. The van der Waals surface area contributed by atoms with E-state index in [9.17, 15) is 22.0 Å². The van der Waals surface area contributed by atoms with Crippen molar-refractivity contribution < 1.29 is 22.0 Å². The molecule has 1 saturated heterocycles. The number of benzene rings is 1. The summed E-state index contributed by atoms with van der Waals surface area (Å²) in [4.78, 5) is 0. The highest BCUT2D eigenvalue weighted by molar-refractivity contribution is 5.27. The SMILES string of the molecule is FC(F)(F)c1ccc(C(F)(F)CC2CNC2)cc1. The fourth-order valence-electron chi connectivity index (χ4n) is 1.88. The summed E-state index contributed by atoms with van der Waals surface area (Å²) in [7, 11) is 0.